The van der Waals surface area contributed by atoms with Gasteiger partial charge in [0, 0.05) is 36.5 Å². The fourth-order valence-corrected chi connectivity index (χ4v) is 3.74. The van der Waals surface area contributed by atoms with Crippen molar-refractivity contribution in [2.75, 3.05) is 13.1 Å². The highest BCUT2D eigenvalue weighted by atomic mass is 19.1. The van der Waals surface area contributed by atoms with Crippen LogP contribution in [-0.4, -0.2) is 58.7 Å². The molecule has 2 atom stereocenters. The SMILES string of the molecule is C=C(CN(NC(=O)OC(C)(C)C)C(=O)N[C@@H](C)C(=O)NCc1ccc(F)cc1F)N1CCCC[C@@H]1C. The summed E-state index contributed by atoms with van der Waals surface area (Å²) in [5.41, 5.74) is 2.38. The molecule has 3 N–H and O–H groups in total. The normalized spacial score (nSPS) is 16.5. The second-order valence-electron chi connectivity index (χ2n) is 9.93. The van der Waals surface area contributed by atoms with Crippen molar-refractivity contribution in [2.45, 2.75) is 78.1 Å². The molecule has 4 amide bonds. The number of halogens is 2. The standard InChI is InChI=1S/C25H37F2N5O4/c1-16-9-7-8-12-31(16)17(2)15-32(30-24(35)36-25(4,5)6)23(34)29-18(3)22(33)28-14-19-10-11-20(26)13-21(19)27/h10-11,13,16,18H,2,7-9,12,14-15H2,1,3-6H3,(H,28,33)(H,29,34)(H,30,35)/t16-,18-/m0/s1. The average Bonchev–Trinajstić information content (AvgIpc) is 2.76. The zero-order valence-electron chi connectivity index (χ0n) is 21.6. The number of urea groups is 1. The monoisotopic (exact) mass is 509 g/mol. The van der Waals surface area contributed by atoms with E-state index in [4.69, 9.17) is 4.74 Å². The van der Waals surface area contributed by atoms with E-state index in [9.17, 15) is 23.2 Å². The molecule has 0 bridgehead atoms. The number of hydrazine groups is 1. The van der Waals surface area contributed by atoms with Crippen LogP contribution >= 0.6 is 0 Å². The molecule has 11 heteroatoms. The summed E-state index contributed by atoms with van der Waals surface area (Å²) < 4.78 is 32.2. The number of hydrogen-bond acceptors (Lipinski definition) is 5. The van der Waals surface area contributed by atoms with Gasteiger partial charge >= 0.3 is 12.1 Å². The molecule has 1 aliphatic heterocycles. The maximum absolute atomic E-state index is 13.8. The first kappa shape index (κ1) is 28.9. The largest absolute Gasteiger partial charge is 0.443 e. The Morgan fingerprint density at radius 2 is 1.94 bits per heavy atom. The van der Waals surface area contributed by atoms with E-state index in [0.717, 1.165) is 42.9 Å². The molecule has 0 unspecified atom stereocenters. The Morgan fingerprint density at radius 3 is 2.56 bits per heavy atom. The molecular formula is C25H37F2N5O4. The lowest BCUT2D eigenvalue weighted by atomic mass is 10.0. The zero-order valence-corrected chi connectivity index (χ0v) is 21.6. The Morgan fingerprint density at radius 1 is 1.25 bits per heavy atom. The van der Waals surface area contributed by atoms with E-state index in [1.54, 1.807) is 20.8 Å². The molecule has 1 aromatic carbocycles. The summed E-state index contributed by atoms with van der Waals surface area (Å²) in [5, 5.41) is 6.03. The lowest BCUT2D eigenvalue weighted by Gasteiger charge is -2.38. The van der Waals surface area contributed by atoms with Crippen molar-refractivity contribution in [3.8, 4) is 0 Å². The van der Waals surface area contributed by atoms with Crippen LogP contribution in [-0.2, 0) is 16.1 Å². The van der Waals surface area contributed by atoms with E-state index in [1.165, 1.54) is 13.0 Å². The summed E-state index contributed by atoms with van der Waals surface area (Å²) in [6.07, 6.45) is 2.28. The molecule has 0 spiro atoms. The Labute approximate surface area is 211 Å². The van der Waals surface area contributed by atoms with Crippen LogP contribution in [0.2, 0.25) is 0 Å². The first-order valence-electron chi connectivity index (χ1n) is 12.0. The Kier molecular flexibility index (Phi) is 10.1. The van der Waals surface area contributed by atoms with Gasteiger partial charge in [-0.05, 0) is 59.9 Å². The highest BCUT2D eigenvalue weighted by Crippen LogP contribution is 2.21. The molecule has 1 heterocycles. The highest BCUT2D eigenvalue weighted by Gasteiger charge is 2.27. The van der Waals surface area contributed by atoms with E-state index in [2.05, 4.69) is 34.5 Å². The molecule has 1 aromatic rings. The molecule has 0 saturated carbocycles. The number of likely N-dealkylation sites (tertiary alicyclic amines) is 1. The summed E-state index contributed by atoms with van der Waals surface area (Å²) in [6.45, 7) is 13.3. The van der Waals surface area contributed by atoms with Crippen LogP contribution in [0.3, 0.4) is 0 Å². The number of ether oxygens (including phenoxy) is 1. The third-order valence-corrected chi connectivity index (χ3v) is 5.62. The minimum atomic E-state index is -1.02. The predicted octanol–water partition coefficient (Wildman–Crippen LogP) is 3.81. The molecule has 1 fully saturated rings. The summed E-state index contributed by atoms with van der Waals surface area (Å²) in [5.74, 6) is -2.10. The van der Waals surface area contributed by atoms with Crippen molar-refractivity contribution in [1.82, 2.24) is 26.0 Å². The Hall–Kier alpha value is -3.37. The first-order chi connectivity index (χ1) is 16.8. The Bertz CT molecular complexity index is 966. The Balaban J connectivity index is 2.04. The minimum absolute atomic E-state index is 0.0233. The number of rotatable bonds is 7. The number of piperidine rings is 1. The second-order valence-corrected chi connectivity index (χ2v) is 9.93. The lowest BCUT2D eigenvalue weighted by Crippen LogP contribution is -2.57. The molecular weight excluding hydrogens is 472 g/mol. The summed E-state index contributed by atoms with van der Waals surface area (Å²) >= 11 is 0. The van der Waals surface area contributed by atoms with Gasteiger partial charge < -0.3 is 20.3 Å². The first-order valence-corrected chi connectivity index (χ1v) is 12.0. The fraction of sp³-hybridized carbons (Fsp3) is 0.560. The maximum atomic E-state index is 13.8. The van der Waals surface area contributed by atoms with E-state index >= 15 is 0 Å². The molecule has 2 rings (SSSR count). The molecule has 200 valence electrons. The van der Waals surface area contributed by atoms with Gasteiger partial charge in [-0.25, -0.2) is 28.8 Å². The van der Waals surface area contributed by atoms with Crippen LogP contribution in [0.5, 0.6) is 0 Å². The van der Waals surface area contributed by atoms with Crippen molar-refractivity contribution >= 4 is 18.0 Å². The third-order valence-electron chi connectivity index (χ3n) is 5.62. The number of amides is 4. The predicted molar refractivity (Wildman–Crippen MR) is 131 cm³/mol. The molecule has 1 saturated heterocycles. The van der Waals surface area contributed by atoms with E-state index in [-0.39, 0.29) is 24.7 Å². The van der Waals surface area contributed by atoms with Crippen LogP contribution in [0.25, 0.3) is 0 Å². The molecule has 0 aromatic heterocycles. The van der Waals surface area contributed by atoms with Gasteiger partial charge in [-0.2, -0.15) is 0 Å². The number of carbonyl (C=O) groups excluding carboxylic acids is 3. The topological polar surface area (TPSA) is 103 Å². The minimum Gasteiger partial charge on any atom is -0.443 e. The number of benzene rings is 1. The quantitative estimate of drug-likeness (QED) is 0.485. The summed E-state index contributed by atoms with van der Waals surface area (Å²) in [6, 6.07) is 1.52. The summed E-state index contributed by atoms with van der Waals surface area (Å²) in [4.78, 5) is 40.0. The summed E-state index contributed by atoms with van der Waals surface area (Å²) in [7, 11) is 0. The van der Waals surface area contributed by atoms with Gasteiger partial charge in [-0.15, -0.1) is 0 Å². The zero-order chi connectivity index (χ0) is 27.0. The van der Waals surface area contributed by atoms with Crippen molar-refractivity contribution in [3.05, 3.63) is 47.7 Å². The van der Waals surface area contributed by atoms with Crippen LogP contribution < -0.4 is 16.1 Å². The van der Waals surface area contributed by atoms with Crippen LogP contribution in [0.1, 0.15) is 59.4 Å². The smallest absolute Gasteiger partial charge is 0.426 e. The van der Waals surface area contributed by atoms with Crippen molar-refractivity contribution in [1.29, 1.82) is 0 Å². The van der Waals surface area contributed by atoms with Gasteiger partial charge in [0.15, 0.2) is 0 Å². The van der Waals surface area contributed by atoms with Crippen molar-refractivity contribution in [3.63, 3.8) is 0 Å². The second kappa shape index (κ2) is 12.5. The maximum Gasteiger partial charge on any atom is 0.426 e. The van der Waals surface area contributed by atoms with Gasteiger partial charge in [0.05, 0.1) is 6.54 Å². The van der Waals surface area contributed by atoms with Gasteiger partial charge in [0.25, 0.3) is 0 Å². The van der Waals surface area contributed by atoms with E-state index in [1.807, 2.05) is 0 Å². The number of nitrogens with one attached hydrogen (secondary N) is 3. The van der Waals surface area contributed by atoms with Gasteiger partial charge in [0.2, 0.25) is 5.91 Å². The molecule has 36 heavy (non-hydrogen) atoms. The van der Waals surface area contributed by atoms with E-state index < -0.39 is 41.3 Å². The molecule has 0 radical (unpaired) electrons. The van der Waals surface area contributed by atoms with Gasteiger partial charge in [-0.3, -0.25) is 4.79 Å². The van der Waals surface area contributed by atoms with Crippen molar-refractivity contribution in [2.24, 2.45) is 0 Å². The number of nitrogens with zero attached hydrogens (tertiary/aromatic N) is 2. The number of carbonyl (C=O) groups is 3. The van der Waals surface area contributed by atoms with Crippen LogP contribution in [0.15, 0.2) is 30.5 Å². The van der Waals surface area contributed by atoms with Gasteiger partial charge in [0.1, 0.15) is 23.3 Å². The average molecular weight is 510 g/mol. The molecule has 0 aliphatic carbocycles. The lowest BCUT2D eigenvalue weighted by molar-refractivity contribution is -0.122. The number of hydrogen-bond donors (Lipinski definition) is 3. The van der Waals surface area contributed by atoms with Crippen LogP contribution in [0.4, 0.5) is 18.4 Å². The fourth-order valence-electron chi connectivity index (χ4n) is 3.74. The van der Waals surface area contributed by atoms with Gasteiger partial charge in [-0.1, -0.05) is 12.6 Å². The molecule has 1 aliphatic rings. The molecule has 9 nitrogen and oxygen atoms in total. The van der Waals surface area contributed by atoms with Crippen LogP contribution in [0, 0.1) is 11.6 Å². The third kappa shape index (κ3) is 9.01. The van der Waals surface area contributed by atoms with E-state index in [0.29, 0.717) is 5.70 Å². The highest BCUT2D eigenvalue weighted by molar-refractivity contribution is 5.87. The van der Waals surface area contributed by atoms with Crippen molar-refractivity contribution < 1.29 is 27.9 Å².